The summed E-state index contributed by atoms with van der Waals surface area (Å²) in [6.45, 7) is 7.09. The molecule has 4 nitrogen and oxygen atoms in total. The summed E-state index contributed by atoms with van der Waals surface area (Å²) in [4.78, 5) is 8.27. The fourth-order valence-electron chi connectivity index (χ4n) is 2.44. The second-order valence-corrected chi connectivity index (χ2v) is 6.23. The number of nitrogens with two attached hydrogens (primary N) is 1. The van der Waals surface area contributed by atoms with E-state index < -0.39 is 0 Å². The largest absolute Gasteiger partial charge is 0.378 e. The first-order valence-corrected chi connectivity index (χ1v) is 7.42. The smallest absolute Gasteiger partial charge is 0.185 e. The summed E-state index contributed by atoms with van der Waals surface area (Å²) in [6.07, 6.45) is 2.58. The van der Waals surface area contributed by atoms with E-state index in [-0.39, 0.29) is 6.04 Å². The molecule has 1 aromatic rings. The Morgan fingerprint density at radius 3 is 3.00 bits per heavy atom. The molecule has 5 heteroatoms. The van der Waals surface area contributed by atoms with E-state index in [1.54, 1.807) is 18.4 Å². The van der Waals surface area contributed by atoms with Gasteiger partial charge in [0.25, 0.3) is 0 Å². The first-order valence-electron chi connectivity index (χ1n) is 6.61. The maximum Gasteiger partial charge on any atom is 0.185 e. The third-order valence-electron chi connectivity index (χ3n) is 3.34. The number of hydrogen-bond acceptors (Lipinski definition) is 5. The molecule has 1 fully saturated rings. The fraction of sp³-hybridized carbons (Fsp3) is 0.769. The molecule has 0 spiro atoms. The Kier molecular flexibility index (Phi) is 4.59. The lowest BCUT2D eigenvalue weighted by Crippen LogP contribution is -2.34. The van der Waals surface area contributed by atoms with E-state index in [4.69, 9.17) is 15.5 Å². The van der Waals surface area contributed by atoms with Crippen molar-refractivity contribution in [2.75, 3.05) is 25.1 Å². The molecule has 2 unspecified atom stereocenters. The van der Waals surface area contributed by atoms with Crippen LogP contribution in [-0.4, -0.2) is 25.2 Å². The van der Waals surface area contributed by atoms with Crippen LogP contribution in [-0.2, 0) is 11.3 Å². The van der Waals surface area contributed by atoms with Crippen molar-refractivity contribution in [3.05, 3.63) is 10.6 Å². The number of thiazole rings is 1. The van der Waals surface area contributed by atoms with Gasteiger partial charge in [0, 0.05) is 31.1 Å². The molecule has 0 amide bonds. The lowest BCUT2D eigenvalue weighted by atomic mass is 10.0. The highest BCUT2D eigenvalue weighted by atomic mass is 32.1. The molecular weight excluding hydrogens is 246 g/mol. The zero-order chi connectivity index (χ0) is 13.1. The minimum Gasteiger partial charge on any atom is -0.378 e. The molecule has 1 saturated heterocycles. The maximum atomic E-state index is 6.01. The molecule has 2 heterocycles. The van der Waals surface area contributed by atoms with Gasteiger partial charge in [-0.15, -0.1) is 0 Å². The molecule has 0 saturated carbocycles. The molecule has 2 rings (SSSR count). The highest BCUT2D eigenvalue weighted by molar-refractivity contribution is 7.15. The highest BCUT2D eigenvalue weighted by Crippen LogP contribution is 2.32. The van der Waals surface area contributed by atoms with E-state index in [0.717, 1.165) is 34.7 Å². The van der Waals surface area contributed by atoms with Crippen molar-refractivity contribution in [3.8, 4) is 0 Å². The Morgan fingerprint density at radius 1 is 1.61 bits per heavy atom. The summed E-state index contributed by atoms with van der Waals surface area (Å²) in [6, 6.07) is 0.0311. The fourth-order valence-corrected chi connectivity index (χ4v) is 3.50. The number of hydrogen-bond donors (Lipinski definition) is 1. The van der Waals surface area contributed by atoms with Gasteiger partial charge in [-0.25, -0.2) is 4.98 Å². The molecule has 0 radical (unpaired) electrons. The summed E-state index contributed by atoms with van der Waals surface area (Å²) in [7, 11) is 1.70. The quantitative estimate of drug-likeness (QED) is 0.912. The van der Waals surface area contributed by atoms with Gasteiger partial charge in [-0.1, -0.05) is 18.3 Å². The van der Waals surface area contributed by atoms with Crippen LogP contribution in [0, 0.1) is 5.92 Å². The van der Waals surface area contributed by atoms with Crippen LogP contribution < -0.4 is 10.6 Å². The van der Waals surface area contributed by atoms with Crippen LogP contribution in [0.25, 0.3) is 0 Å². The molecular formula is C13H23N3OS. The summed E-state index contributed by atoms with van der Waals surface area (Å²) >= 11 is 1.73. The normalized spacial score (nSPS) is 22.2. The van der Waals surface area contributed by atoms with Crippen molar-refractivity contribution in [3.63, 3.8) is 0 Å². The Bertz CT molecular complexity index is 392. The molecule has 0 bridgehead atoms. The molecule has 1 aromatic heterocycles. The van der Waals surface area contributed by atoms with Crippen molar-refractivity contribution in [2.24, 2.45) is 11.7 Å². The van der Waals surface area contributed by atoms with Crippen LogP contribution >= 0.6 is 11.3 Å². The van der Waals surface area contributed by atoms with Crippen molar-refractivity contribution < 1.29 is 4.74 Å². The maximum absolute atomic E-state index is 6.01. The zero-order valence-electron chi connectivity index (χ0n) is 11.5. The predicted octanol–water partition coefficient (Wildman–Crippen LogP) is 2.55. The van der Waals surface area contributed by atoms with E-state index >= 15 is 0 Å². The molecule has 2 atom stereocenters. The van der Waals surface area contributed by atoms with E-state index in [1.165, 1.54) is 12.8 Å². The monoisotopic (exact) mass is 269 g/mol. The van der Waals surface area contributed by atoms with Gasteiger partial charge in [0.15, 0.2) is 5.13 Å². The van der Waals surface area contributed by atoms with Crippen LogP contribution in [0.1, 0.15) is 43.3 Å². The Hall–Kier alpha value is -0.650. The van der Waals surface area contributed by atoms with Gasteiger partial charge >= 0.3 is 0 Å². The van der Waals surface area contributed by atoms with Crippen LogP contribution in [0.2, 0.25) is 0 Å². The van der Waals surface area contributed by atoms with Gasteiger partial charge in [0.05, 0.1) is 12.3 Å². The van der Waals surface area contributed by atoms with Gasteiger partial charge in [0.1, 0.15) is 0 Å². The SMILES string of the molecule is COCc1nc(N2CCCC(C)C2)sc1C(C)N. The molecule has 102 valence electrons. The second-order valence-electron chi connectivity index (χ2n) is 5.22. The highest BCUT2D eigenvalue weighted by Gasteiger charge is 2.22. The standard InChI is InChI=1S/C13H23N3OS/c1-9-5-4-6-16(7-9)13-15-11(8-17-3)12(18-13)10(2)14/h9-10H,4-8,14H2,1-3H3. The van der Waals surface area contributed by atoms with Crippen molar-refractivity contribution in [2.45, 2.75) is 39.3 Å². The Labute approximate surface area is 113 Å². The second kappa shape index (κ2) is 5.99. The number of nitrogens with zero attached hydrogens (tertiary/aromatic N) is 2. The van der Waals surface area contributed by atoms with Crippen LogP contribution in [0.4, 0.5) is 5.13 Å². The van der Waals surface area contributed by atoms with E-state index in [0.29, 0.717) is 6.61 Å². The number of aromatic nitrogens is 1. The van der Waals surface area contributed by atoms with E-state index in [1.807, 2.05) is 6.92 Å². The lowest BCUT2D eigenvalue weighted by molar-refractivity contribution is 0.181. The van der Waals surface area contributed by atoms with Crippen LogP contribution in [0.5, 0.6) is 0 Å². The first-order chi connectivity index (χ1) is 8.61. The number of anilines is 1. The van der Waals surface area contributed by atoms with Gasteiger partial charge < -0.3 is 15.4 Å². The zero-order valence-corrected chi connectivity index (χ0v) is 12.3. The third-order valence-corrected chi connectivity index (χ3v) is 4.70. The minimum absolute atomic E-state index is 0.0311. The van der Waals surface area contributed by atoms with Crippen molar-refractivity contribution >= 4 is 16.5 Å². The first kappa shape index (κ1) is 13.8. The van der Waals surface area contributed by atoms with Gasteiger partial charge in [-0.05, 0) is 25.7 Å². The Morgan fingerprint density at radius 2 is 2.39 bits per heavy atom. The van der Waals surface area contributed by atoms with Gasteiger partial charge in [-0.3, -0.25) is 0 Å². The predicted molar refractivity (Wildman–Crippen MR) is 76.0 cm³/mol. The molecule has 18 heavy (non-hydrogen) atoms. The average Bonchev–Trinajstić information content (AvgIpc) is 2.74. The van der Waals surface area contributed by atoms with Crippen LogP contribution in [0.15, 0.2) is 0 Å². The molecule has 1 aliphatic heterocycles. The molecule has 0 aromatic carbocycles. The summed E-state index contributed by atoms with van der Waals surface area (Å²) in [5.41, 5.74) is 7.02. The molecule has 2 N–H and O–H groups in total. The topological polar surface area (TPSA) is 51.4 Å². The molecule has 1 aliphatic rings. The third kappa shape index (κ3) is 3.02. The number of piperidine rings is 1. The Balaban J connectivity index is 2.19. The number of ether oxygens (including phenoxy) is 1. The summed E-state index contributed by atoms with van der Waals surface area (Å²) in [5, 5.41) is 1.11. The molecule has 0 aliphatic carbocycles. The van der Waals surface area contributed by atoms with Gasteiger partial charge in [0.2, 0.25) is 0 Å². The lowest BCUT2D eigenvalue weighted by Gasteiger charge is -2.30. The van der Waals surface area contributed by atoms with Crippen LogP contribution in [0.3, 0.4) is 0 Å². The van der Waals surface area contributed by atoms with E-state index in [2.05, 4.69) is 11.8 Å². The summed E-state index contributed by atoms with van der Waals surface area (Å²) in [5.74, 6) is 0.757. The number of rotatable bonds is 4. The average molecular weight is 269 g/mol. The van der Waals surface area contributed by atoms with Gasteiger partial charge in [-0.2, -0.15) is 0 Å². The summed E-state index contributed by atoms with van der Waals surface area (Å²) < 4.78 is 5.21. The van der Waals surface area contributed by atoms with Crippen molar-refractivity contribution in [1.29, 1.82) is 0 Å². The number of methoxy groups -OCH3 is 1. The van der Waals surface area contributed by atoms with Crippen molar-refractivity contribution in [1.82, 2.24) is 4.98 Å². The van der Waals surface area contributed by atoms with E-state index in [9.17, 15) is 0 Å². The minimum atomic E-state index is 0.0311.